The van der Waals surface area contributed by atoms with Gasteiger partial charge in [0.1, 0.15) is 5.82 Å². The molecule has 0 aliphatic carbocycles. The quantitative estimate of drug-likeness (QED) is 0.574. The molecule has 1 aromatic carbocycles. The highest BCUT2D eigenvalue weighted by Crippen LogP contribution is 2.20. The van der Waals surface area contributed by atoms with E-state index >= 15 is 0 Å². The minimum atomic E-state index is -0.471. The summed E-state index contributed by atoms with van der Waals surface area (Å²) in [5, 5.41) is 12.6. The van der Waals surface area contributed by atoms with Crippen molar-refractivity contribution in [3.8, 4) is 0 Å². The lowest BCUT2D eigenvalue weighted by Crippen LogP contribution is -2.48. The minimum Gasteiger partial charge on any atom is -0.400 e. The largest absolute Gasteiger partial charge is 0.400 e. The molecule has 6 nitrogen and oxygen atoms in total. The van der Waals surface area contributed by atoms with E-state index < -0.39 is 5.82 Å². The maximum atomic E-state index is 12.5. The number of hydrogen-bond donors (Lipinski definition) is 3. The van der Waals surface area contributed by atoms with Crippen molar-refractivity contribution < 1.29 is 19.1 Å². The van der Waals surface area contributed by atoms with Crippen molar-refractivity contribution in [1.82, 2.24) is 10.2 Å². The summed E-state index contributed by atoms with van der Waals surface area (Å²) in [4.78, 5) is 24.0. The Balaban J connectivity index is 0. The molecule has 0 spiro atoms. The average Bonchev–Trinajstić information content (AvgIpc) is 2.62. The Labute approximate surface area is 192 Å². The highest BCUT2D eigenvalue weighted by molar-refractivity contribution is 6.30. The lowest BCUT2D eigenvalue weighted by Gasteiger charge is -2.35. The van der Waals surface area contributed by atoms with Crippen molar-refractivity contribution >= 4 is 29.6 Å². The van der Waals surface area contributed by atoms with Crippen LogP contribution in [-0.2, 0) is 9.59 Å². The number of hydrogen-bond acceptors (Lipinski definition) is 4. The number of halogens is 2. The van der Waals surface area contributed by atoms with Crippen molar-refractivity contribution in [3.05, 3.63) is 29.0 Å². The first-order chi connectivity index (χ1) is 14.5. The molecule has 1 heterocycles. The summed E-state index contributed by atoms with van der Waals surface area (Å²) in [6.07, 6.45) is 1.75. The van der Waals surface area contributed by atoms with Gasteiger partial charge in [0.15, 0.2) is 0 Å². The number of carbonyl (C=O) groups is 2. The lowest BCUT2D eigenvalue weighted by atomic mass is 9.92. The fourth-order valence-corrected chi connectivity index (χ4v) is 3.51. The van der Waals surface area contributed by atoms with Crippen LogP contribution < -0.4 is 10.6 Å². The number of nitrogens with one attached hydrogen (secondary N) is 2. The van der Waals surface area contributed by atoms with Gasteiger partial charge >= 0.3 is 0 Å². The molecule has 0 saturated carbocycles. The Hall–Kier alpha value is -1.70. The molecule has 2 amide bonds. The van der Waals surface area contributed by atoms with Crippen LogP contribution in [0, 0.1) is 17.7 Å². The first kappa shape index (κ1) is 31.5. The second-order valence-corrected chi connectivity index (χ2v) is 8.80. The number of benzene rings is 1. The molecule has 3 N–H and O–H groups in total. The summed E-state index contributed by atoms with van der Waals surface area (Å²) in [7, 11) is 1.00. The van der Waals surface area contributed by atoms with Crippen LogP contribution in [0.2, 0.25) is 5.02 Å². The van der Waals surface area contributed by atoms with Crippen molar-refractivity contribution in [2.75, 3.05) is 32.1 Å². The molecular weight excluding hydrogens is 421 g/mol. The number of piperidine rings is 1. The van der Waals surface area contributed by atoms with E-state index in [4.69, 9.17) is 16.7 Å². The second kappa shape index (κ2) is 16.9. The third kappa shape index (κ3) is 16.6. The zero-order valence-corrected chi connectivity index (χ0v) is 21.0. The van der Waals surface area contributed by atoms with E-state index in [9.17, 15) is 14.0 Å². The zero-order valence-electron chi connectivity index (χ0n) is 20.3. The Bertz CT molecular complexity index is 609. The predicted octanol–water partition coefficient (Wildman–Crippen LogP) is 4.56. The first-order valence-corrected chi connectivity index (χ1v) is 11.0. The molecule has 1 saturated heterocycles. The van der Waals surface area contributed by atoms with Crippen LogP contribution in [0.25, 0.3) is 0 Å². The van der Waals surface area contributed by atoms with Crippen LogP contribution in [0.3, 0.4) is 0 Å². The first-order valence-electron chi connectivity index (χ1n) is 10.6. The van der Waals surface area contributed by atoms with Crippen LogP contribution in [0.5, 0.6) is 0 Å². The SMILES string of the molecule is CC.CC1CC(C)CN(CC(=O)NC(C)(C)C)C1.CO.O=CNc1cc(F)cc(Cl)c1. The number of aliphatic hydroxyl groups is 1. The average molecular weight is 462 g/mol. The van der Waals surface area contributed by atoms with Gasteiger partial charge < -0.3 is 15.7 Å². The number of rotatable bonds is 4. The van der Waals surface area contributed by atoms with Crippen molar-refractivity contribution in [1.29, 1.82) is 0 Å². The maximum absolute atomic E-state index is 12.5. The molecule has 0 aromatic heterocycles. The highest BCUT2D eigenvalue weighted by atomic mass is 35.5. The summed E-state index contributed by atoms with van der Waals surface area (Å²) in [5.74, 6) is 1.10. The van der Waals surface area contributed by atoms with Gasteiger partial charge in [-0.15, -0.1) is 0 Å². The summed E-state index contributed by atoms with van der Waals surface area (Å²) in [5.41, 5.74) is 0.231. The van der Waals surface area contributed by atoms with Crippen LogP contribution in [0.4, 0.5) is 10.1 Å². The number of aliphatic hydroxyl groups excluding tert-OH is 1. The fraction of sp³-hybridized carbons (Fsp3) is 0.652. The molecule has 1 fully saturated rings. The molecular formula is C23H41ClFN3O3. The topological polar surface area (TPSA) is 81.7 Å². The van der Waals surface area contributed by atoms with Gasteiger partial charge in [-0.1, -0.05) is 39.3 Å². The molecule has 1 aliphatic rings. The van der Waals surface area contributed by atoms with Crippen molar-refractivity contribution in [2.45, 2.75) is 60.4 Å². The maximum Gasteiger partial charge on any atom is 0.234 e. The highest BCUT2D eigenvalue weighted by Gasteiger charge is 2.24. The molecule has 2 unspecified atom stereocenters. The Morgan fingerprint density at radius 3 is 2.13 bits per heavy atom. The van der Waals surface area contributed by atoms with E-state index in [1.54, 1.807) is 0 Å². The Morgan fingerprint density at radius 1 is 1.19 bits per heavy atom. The van der Waals surface area contributed by atoms with Gasteiger partial charge in [0.05, 0.1) is 6.54 Å². The van der Waals surface area contributed by atoms with Crippen molar-refractivity contribution in [3.63, 3.8) is 0 Å². The molecule has 0 bridgehead atoms. The summed E-state index contributed by atoms with van der Waals surface area (Å²) < 4.78 is 12.5. The minimum absolute atomic E-state index is 0.121. The summed E-state index contributed by atoms with van der Waals surface area (Å²) >= 11 is 5.49. The number of anilines is 1. The predicted molar refractivity (Wildman–Crippen MR) is 128 cm³/mol. The Morgan fingerprint density at radius 2 is 1.71 bits per heavy atom. The van der Waals surface area contributed by atoms with Crippen LogP contribution in [0.15, 0.2) is 18.2 Å². The molecule has 8 heteroatoms. The molecule has 180 valence electrons. The molecule has 1 aromatic rings. The monoisotopic (exact) mass is 461 g/mol. The van der Waals surface area contributed by atoms with Crippen LogP contribution in [0.1, 0.15) is 54.9 Å². The molecule has 0 radical (unpaired) electrons. The molecule has 31 heavy (non-hydrogen) atoms. The smallest absolute Gasteiger partial charge is 0.234 e. The van der Waals surface area contributed by atoms with Gasteiger partial charge in [-0.2, -0.15) is 0 Å². The number of likely N-dealkylation sites (tertiary alicyclic amines) is 1. The van der Waals surface area contributed by atoms with E-state index in [1.165, 1.54) is 18.6 Å². The lowest BCUT2D eigenvalue weighted by molar-refractivity contribution is -0.124. The van der Waals surface area contributed by atoms with E-state index in [2.05, 4.69) is 29.4 Å². The zero-order chi connectivity index (χ0) is 24.6. The van der Waals surface area contributed by atoms with Crippen LogP contribution >= 0.6 is 11.6 Å². The van der Waals surface area contributed by atoms with E-state index in [0.29, 0.717) is 30.5 Å². The van der Waals surface area contributed by atoms with Gasteiger partial charge in [0.2, 0.25) is 12.3 Å². The third-order valence-corrected chi connectivity index (χ3v) is 4.13. The molecule has 2 rings (SSSR count). The van der Waals surface area contributed by atoms with Gasteiger partial charge in [-0.05, 0) is 57.2 Å². The van der Waals surface area contributed by atoms with Crippen molar-refractivity contribution in [2.24, 2.45) is 11.8 Å². The van der Waals surface area contributed by atoms with Crippen LogP contribution in [-0.4, -0.2) is 54.6 Å². The van der Waals surface area contributed by atoms with E-state index in [1.807, 2.05) is 34.6 Å². The number of nitrogens with zero attached hydrogens (tertiary/aromatic N) is 1. The van der Waals surface area contributed by atoms with E-state index in [-0.39, 0.29) is 16.5 Å². The van der Waals surface area contributed by atoms with E-state index in [0.717, 1.165) is 26.3 Å². The number of amides is 2. The fourth-order valence-electron chi connectivity index (χ4n) is 3.29. The van der Waals surface area contributed by atoms with Gasteiger partial charge in [0.25, 0.3) is 0 Å². The number of carbonyl (C=O) groups excluding carboxylic acids is 2. The molecule has 2 atom stereocenters. The summed E-state index contributed by atoms with van der Waals surface area (Å²) in [6.45, 7) is 17.3. The standard InChI is InChI=1S/C13H26N2O.C7H5ClFNO.C2H6.CH4O/c1-10-6-11(2)8-15(7-10)9-12(16)14-13(3,4)5;8-5-1-6(9)3-7(2-5)10-4-11;2*1-2/h10-11H,6-9H2,1-5H3,(H,14,16);1-4H,(H,10,11);1-2H3;2H,1H3. The van der Waals surface area contributed by atoms with Gasteiger partial charge in [-0.25, -0.2) is 4.39 Å². The third-order valence-electron chi connectivity index (χ3n) is 3.91. The van der Waals surface area contributed by atoms with Gasteiger partial charge in [-0.3, -0.25) is 14.5 Å². The second-order valence-electron chi connectivity index (χ2n) is 8.36. The Kier molecular flexibility index (Phi) is 17.2. The molecule has 1 aliphatic heterocycles. The summed E-state index contributed by atoms with van der Waals surface area (Å²) in [6, 6.07) is 3.80. The normalized spacial score (nSPS) is 18.0. The van der Waals surface area contributed by atoms with Gasteiger partial charge in [0, 0.05) is 36.4 Å².